The Morgan fingerprint density at radius 2 is 2.00 bits per heavy atom. The summed E-state index contributed by atoms with van der Waals surface area (Å²) in [4.78, 5) is 18.6. The highest BCUT2D eigenvalue weighted by Gasteiger charge is 2.20. The second kappa shape index (κ2) is 7.32. The predicted molar refractivity (Wildman–Crippen MR) is 103 cm³/mol. The summed E-state index contributed by atoms with van der Waals surface area (Å²) in [5, 5.41) is 0.865. The smallest absolute Gasteiger partial charge is 0.254 e. The number of hydrogen-bond donors (Lipinski definition) is 1. The van der Waals surface area contributed by atoms with Crippen LogP contribution >= 0.6 is 22.9 Å². The number of nitrogens with zero attached hydrogens (tertiary/aromatic N) is 2. The minimum atomic E-state index is -3.75. The highest BCUT2D eigenvalue weighted by Crippen LogP contribution is 2.25. The molecule has 0 saturated carbocycles. The van der Waals surface area contributed by atoms with Gasteiger partial charge in [-0.3, -0.25) is 4.79 Å². The molecule has 26 heavy (non-hydrogen) atoms. The summed E-state index contributed by atoms with van der Waals surface area (Å²) >= 11 is 7.49. The summed E-state index contributed by atoms with van der Waals surface area (Å²) in [7, 11) is -0.811. The van der Waals surface area contributed by atoms with Gasteiger partial charge >= 0.3 is 0 Å². The molecule has 136 valence electrons. The molecule has 0 saturated heterocycles. The largest absolute Gasteiger partial charge is 0.335 e. The Bertz CT molecular complexity index is 1050. The Morgan fingerprint density at radius 1 is 1.27 bits per heavy atom. The summed E-state index contributed by atoms with van der Waals surface area (Å²) in [5.74, 6) is -0.312. The SMILES string of the molecule is CNS(=O)(=O)c1cc(C(=O)N(C)Cc2nc3ccccc3s2)ccc1Cl. The normalized spacial score (nSPS) is 11.7. The maximum absolute atomic E-state index is 12.7. The lowest BCUT2D eigenvalue weighted by molar-refractivity contribution is 0.0785. The van der Waals surface area contributed by atoms with Crippen LogP contribution in [0.3, 0.4) is 0 Å². The van der Waals surface area contributed by atoms with Gasteiger partial charge in [-0.1, -0.05) is 23.7 Å². The van der Waals surface area contributed by atoms with Crippen LogP contribution in [0, 0.1) is 0 Å². The molecule has 0 radical (unpaired) electrons. The second-order valence-corrected chi connectivity index (χ2v) is 8.97. The first kappa shape index (κ1) is 18.8. The van der Waals surface area contributed by atoms with Crippen LogP contribution in [-0.4, -0.2) is 38.3 Å². The van der Waals surface area contributed by atoms with Crippen molar-refractivity contribution in [2.45, 2.75) is 11.4 Å². The molecular weight excluding hydrogens is 394 g/mol. The highest BCUT2D eigenvalue weighted by molar-refractivity contribution is 7.89. The summed E-state index contributed by atoms with van der Waals surface area (Å²) in [6.45, 7) is 0.328. The number of halogens is 1. The van der Waals surface area contributed by atoms with Crippen LogP contribution in [0.4, 0.5) is 0 Å². The molecule has 6 nitrogen and oxygen atoms in total. The number of amides is 1. The van der Waals surface area contributed by atoms with E-state index in [1.807, 2.05) is 24.3 Å². The predicted octanol–water partition coefficient (Wildman–Crippen LogP) is 3.13. The molecule has 0 aliphatic carbocycles. The lowest BCUT2D eigenvalue weighted by Gasteiger charge is -2.16. The number of nitrogens with one attached hydrogen (secondary N) is 1. The number of carbonyl (C=O) groups excluding carboxylic acids is 1. The molecule has 1 amide bonds. The van der Waals surface area contributed by atoms with E-state index < -0.39 is 10.0 Å². The number of rotatable bonds is 5. The zero-order valence-electron chi connectivity index (χ0n) is 14.1. The third-order valence-electron chi connectivity index (χ3n) is 3.79. The molecule has 1 aromatic heterocycles. The number of thiazole rings is 1. The minimum Gasteiger partial charge on any atom is -0.335 e. The molecule has 0 spiro atoms. The van der Waals surface area contributed by atoms with Crippen LogP contribution in [0.2, 0.25) is 5.02 Å². The Kier molecular flexibility index (Phi) is 5.29. The molecule has 1 heterocycles. The quantitative estimate of drug-likeness (QED) is 0.702. The molecular formula is C17H16ClN3O3S2. The first-order chi connectivity index (χ1) is 12.3. The maximum Gasteiger partial charge on any atom is 0.254 e. The van der Waals surface area contributed by atoms with Crippen molar-refractivity contribution >= 4 is 49.1 Å². The lowest BCUT2D eigenvalue weighted by Crippen LogP contribution is -2.27. The van der Waals surface area contributed by atoms with Crippen LogP contribution in [0.1, 0.15) is 15.4 Å². The van der Waals surface area contributed by atoms with Gasteiger partial charge in [-0.05, 0) is 37.4 Å². The molecule has 0 aliphatic rings. The summed E-state index contributed by atoms with van der Waals surface area (Å²) < 4.78 is 27.3. The van der Waals surface area contributed by atoms with Gasteiger partial charge in [0.2, 0.25) is 10.0 Å². The van der Waals surface area contributed by atoms with Crippen LogP contribution in [0.15, 0.2) is 47.4 Å². The number of hydrogen-bond acceptors (Lipinski definition) is 5. The van der Waals surface area contributed by atoms with Gasteiger partial charge in [0.15, 0.2) is 0 Å². The van der Waals surface area contributed by atoms with Crippen LogP contribution in [-0.2, 0) is 16.6 Å². The molecule has 3 aromatic rings. The maximum atomic E-state index is 12.7. The summed E-state index contributed by atoms with van der Waals surface area (Å²) in [6.07, 6.45) is 0. The number of fused-ring (bicyclic) bond motifs is 1. The van der Waals surface area contributed by atoms with E-state index in [1.54, 1.807) is 7.05 Å². The summed E-state index contributed by atoms with van der Waals surface area (Å²) in [6, 6.07) is 12.0. The van der Waals surface area contributed by atoms with Gasteiger partial charge in [0, 0.05) is 12.6 Å². The van der Waals surface area contributed by atoms with Gasteiger partial charge in [-0.2, -0.15) is 0 Å². The lowest BCUT2D eigenvalue weighted by atomic mass is 10.2. The van der Waals surface area contributed by atoms with E-state index in [0.717, 1.165) is 15.2 Å². The topological polar surface area (TPSA) is 79.4 Å². The summed E-state index contributed by atoms with van der Waals surface area (Å²) in [5.41, 5.74) is 1.13. The zero-order valence-corrected chi connectivity index (χ0v) is 16.5. The number of carbonyl (C=O) groups is 1. The fourth-order valence-corrected chi connectivity index (χ4v) is 4.70. The molecule has 9 heteroatoms. The molecule has 1 N–H and O–H groups in total. The highest BCUT2D eigenvalue weighted by atomic mass is 35.5. The molecule has 0 aliphatic heterocycles. The van der Waals surface area contributed by atoms with Crippen molar-refractivity contribution < 1.29 is 13.2 Å². The van der Waals surface area contributed by atoms with Crippen molar-refractivity contribution in [2.24, 2.45) is 0 Å². The van der Waals surface area contributed by atoms with Crippen LogP contribution in [0.25, 0.3) is 10.2 Å². The monoisotopic (exact) mass is 409 g/mol. The minimum absolute atomic E-state index is 0.0599. The number of benzene rings is 2. The standard InChI is InChI=1S/C17H16ClN3O3S2/c1-19-26(23,24)15-9-11(7-8-12(15)18)17(22)21(2)10-16-20-13-5-3-4-6-14(13)25-16/h3-9,19H,10H2,1-2H3. The molecule has 3 rings (SSSR count). The van der Waals surface area contributed by atoms with Gasteiger partial charge in [0.05, 0.1) is 21.8 Å². The van der Waals surface area contributed by atoms with E-state index >= 15 is 0 Å². The number of aromatic nitrogens is 1. The van der Waals surface area contributed by atoms with Crippen LogP contribution in [0.5, 0.6) is 0 Å². The van der Waals surface area contributed by atoms with E-state index in [0.29, 0.717) is 6.54 Å². The Morgan fingerprint density at radius 3 is 2.69 bits per heavy atom. The average molecular weight is 410 g/mol. The Balaban J connectivity index is 1.85. The van der Waals surface area contributed by atoms with Gasteiger partial charge < -0.3 is 4.90 Å². The Hall–Kier alpha value is -2.00. The van der Waals surface area contributed by atoms with E-state index in [9.17, 15) is 13.2 Å². The van der Waals surface area contributed by atoms with Crippen molar-refractivity contribution in [1.82, 2.24) is 14.6 Å². The van der Waals surface area contributed by atoms with E-state index in [-0.39, 0.29) is 21.4 Å². The molecule has 0 bridgehead atoms. The van der Waals surface area contributed by atoms with Crippen molar-refractivity contribution in [1.29, 1.82) is 0 Å². The fraction of sp³-hybridized carbons (Fsp3) is 0.176. The first-order valence-electron chi connectivity index (χ1n) is 7.65. The molecule has 0 unspecified atom stereocenters. The van der Waals surface area contributed by atoms with Gasteiger partial charge in [-0.15, -0.1) is 11.3 Å². The number of para-hydroxylation sites is 1. The van der Waals surface area contributed by atoms with Gasteiger partial charge in [-0.25, -0.2) is 18.1 Å². The number of sulfonamides is 1. The molecule has 0 fully saturated rings. The second-order valence-electron chi connectivity index (χ2n) is 5.59. The van der Waals surface area contributed by atoms with Crippen LogP contribution < -0.4 is 4.72 Å². The van der Waals surface area contributed by atoms with E-state index in [1.165, 1.54) is 41.5 Å². The van der Waals surface area contributed by atoms with E-state index in [2.05, 4.69) is 9.71 Å². The molecule has 0 atom stereocenters. The van der Waals surface area contributed by atoms with Crippen molar-refractivity contribution in [2.75, 3.05) is 14.1 Å². The van der Waals surface area contributed by atoms with Crippen molar-refractivity contribution in [3.05, 3.63) is 58.1 Å². The average Bonchev–Trinajstić information content (AvgIpc) is 3.03. The van der Waals surface area contributed by atoms with Crippen molar-refractivity contribution in [3.63, 3.8) is 0 Å². The van der Waals surface area contributed by atoms with Crippen molar-refractivity contribution in [3.8, 4) is 0 Å². The third kappa shape index (κ3) is 3.73. The fourth-order valence-electron chi connectivity index (χ4n) is 2.43. The zero-order chi connectivity index (χ0) is 18.9. The Labute approximate surface area is 160 Å². The van der Waals surface area contributed by atoms with Gasteiger partial charge in [0.25, 0.3) is 5.91 Å². The third-order valence-corrected chi connectivity index (χ3v) is 6.71. The van der Waals surface area contributed by atoms with E-state index in [4.69, 9.17) is 11.6 Å². The molecule has 2 aromatic carbocycles. The first-order valence-corrected chi connectivity index (χ1v) is 10.3. The van der Waals surface area contributed by atoms with Gasteiger partial charge in [0.1, 0.15) is 9.90 Å².